The highest BCUT2D eigenvalue weighted by Crippen LogP contribution is 2.46. The second-order valence-electron chi connectivity index (χ2n) is 9.32. The molecule has 1 heterocycles. The molecular formula is C25H29F3N4O3S. The highest BCUT2D eigenvalue weighted by molar-refractivity contribution is 7.87. The number of alkyl halides is 3. The van der Waals surface area contributed by atoms with E-state index in [0.29, 0.717) is 37.5 Å². The van der Waals surface area contributed by atoms with Crippen LogP contribution in [0.1, 0.15) is 44.7 Å². The van der Waals surface area contributed by atoms with Crippen LogP contribution in [0, 0.1) is 5.92 Å². The summed E-state index contributed by atoms with van der Waals surface area (Å²) in [4.78, 5) is 0. The number of aryl methyl sites for hydroxylation is 1. The van der Waals surface area contributed by atoms with Crippen LogP contribution in [0.15, 0.2) is 54.6 Å². The lowest BCUT2D eigenvalue weighted by molar-refractivity contribution is -0.137. The van der Waals surface area contributed by atoms with Crippen LogP contribution in [0.3, 0.4) is 0 Å². The molecular weight excluding hydrogens is 493 g/mol. The second-order valence-corrected chi connectivity index (χ2v) is 10.8. The van der Waals surface area contributed by atoms with Crippen molar-refractivity contribution in [2.45, 2.75) is 51.9 Å². The number of hydrogen-bond acceptors (Lipinski definition) is 4. The minimum atomic E-state index is -4.42. The van der Waals surface area contributed by atoms with Gasteiger partial charge in [-0.25, -0.2) is 9.40 Å². The smallest absolute Gasteiger partial charge is 0.416 e. The predicted molar refractivity (Wildman–Crippen MR) is 131 cm³/mol. The molecule has 3 aromatic rings. The van der Waals surface area contributed by atoms with Gasteiger partial charge in [0.15, 0.2) is 0 Å². The Morgan fingerprint density at radius 3 is 2.39 bits per heavy atom. The summed E-state index contributed by atoms with van der Waals surface area (Å²) in [5.41, 5.74) is 0.812. The van der Waals surface area contributed by atoms with Crippen molar-refractivity contribution in [3.8, 4) is 22.9 Å². The maximum atomic E-state index is 12.8. The molecule has 0 saturated heterocycles. The van der Waals surface area contributed by atoms with Crippen molar-refractivity contribution in [3.63, 3.8) is 0 Å². The van der Waals surface area contributed by atoms with Crippen molar-refractivity contribution in [1.29, 1.82) is 0 Å². The van der Waals surface area contributed by atoms with Gasteiger partial charge in [0, 0.05) is 24.7 Å². The summed E-state index contributed by atoms with van der Waals surface area (Å²) in [6.45, 7) is 6.58. The molecule has 0 radical (unpaired) electrons. The molecule has 0 amide bonds. The Kier molecular flexibility index (Phi) is 7.18. The molecule has 0 spiro atoms. The van der Waals surface area contributed by atoms with Gasteiger partial charge in [0.25, 0.3) is 10.2 Å². The first-order valence-electron chi connectivity index (χ1n) is 11.7. The third-order valence-corrected chi connectivity index (χ3v) is 7.13. The van der Waals surface area contributed by atoms with Crippen LogP contribution in [-0.4, -0.2) is 24.7 Å². The highest BCUT2D eigenvalue weighted by Gasteiger charge is 2.47. The Morgan fingerprint density at radius 1 is 1.11 bits per heavy atom. The van der Waals surface area contributed by atoms with Gasteiger partial charge >= 0.3 is 6.18 Å². The van der Waals surface area contributed by atoms with E-state index in [2.05, 4.69) is 14.5 Å². The van der Waals surface area contributed by atoms with E-state index in [4.69, 9.17) is 4.74 Å². The summed E-state index contributed by atoms with van der Waals surface area (Å²) in [7, 11) is -3.66. The van der Waals surface area contributed by atoms with Gasteiger partial charge in [0.2, 0.25) is 5.88 Å². The van der Waals surface area contributed by atoms with E-state index >= 15 is 0 Å². The largest absolute Gasteiger partial charge is 0.439 e. The van der Waals surface area contributed by atoms with Crippen molar-refractivity contribution >= 4 is 10.2 Å². The molecule has 2 N–H and O–H groups in total. The van der Waals surface area contributed by atoms with Crippen molar-refractivity contribution in [2.24, 2.45) is 5.92 Å². The summed E-state index contributed by atoms with van der Waals surface area (Å²) in [6.07, 6.45) is -3.05. The molecule has 2 aromatic carbocycles. The summed E-state index contributed by atoms with van der Waals surface area (Å²) < 4.78 is 76.4. The molecule has 36 heavy (non-hydrogen) atoms. The van der Waals surface area contributed by atoms with E-state index in [1.807, 2.05) is 45.0 Å². The number of rotatable bonds is 10. The minimum Gasteiger partial charge on any atom is -0.439 e. The van der Waals surface area contributed by atoms with E-state index in [1.165, 1.54) is 12.1 Å². The average molecular weight is 523 g/mol. The van der Waals surface area contributed by atoms with Gasteiger partial charge in [-0.05, 0) is 61.6 Å². The van der Waals surface area contributed by atoms with Crippen LogP contribution >= 0.6 is 0 Å². The first kappa shape index (κ1) is 26.2. The summed E-state index contributed by atoms with van der Waals surface area (Å²) in [5.74, 6) is 0.836. The molecule has 194 valence electrons. The van der Waals surface area contributed by atoms with Gasteiger partial charge in [-0.15, -0.1) is 0 Å². The Balaban J connectivity index is 1.55. The van der Waals surface area contributed by atoms with Gasteiger partial charge in [-0.1, -0.05) is 32.0 Å². The van der Waals surface area contributed by atoms with Gasteiger partial charge in [-0.3, -0.25) is 0 Å². The Labute approximate surface area is 208 Å². The molecule has 11 heteroatoms. The summed E-state index contributed by atoms with van der Waals surface area (Å²) >= 11 is 0. The lowest BCUT2D eigenvalue weighted by atomic mass is 10.0. The Morgan fingerprint density at radius 2 is 1.81 bits per heavy atom. The number of halogens is 3. The molecule has 0 aliphatic heterocycles. The SMILES string of the molecule is CCn1nc(-c2cccc(C3(NS(=O)(=O)NCC(C)C)CC3)c2)cc1Oc1ccc(C(F)(F)F)cc1. The second kappa shape index (κ2) is 9.87. The van der Waals surface area contributed by atoms with Crippen LogP contribution in [0.5, 0.6) is 11.6 Å². The molecule has 1 fully saturated rings. The maximum Gasteiger partial charge on any atom is 0.416 e. The molecule has 0 bridgehead atoms. The van der Waals surface area contributed by atoms with E-state index in [0.717, 1.165) is 23.3 Å². The molecule has 1 saturated carbocycles. The molecule has 1 aliphatic rings. The van der Waals surface area contributed by atoms with E-state index in [-0.39, 0.29) is 11.7 Å². The normalized spacial score (nSPS) is 15.3. The fourth-order valence-electron chi connectivity index (χ4n) is 3.80. The predicted octanol–water partition coefficient (Wildman–Crippen LogP) is 5.45. The molecule has 1 aromatic heterocycles. The first-order chi connectivity index (χ1) is 16.9. The lowest BCUT2D eigenvalue weighted by Crippen LogP contribution is -2.44. The molecule has 0 unspecified atom stereocenters. The quantitative estimate of drug-likeness (QED) is 0.371. The van der Waals surface area contributed by atoms with Crippen molar-refractivity contribution < 1.29 is 26.3 Å². The standard InChI is InChI=1S/C25H29F3N4O3S/c1-4-32-23(35-21-10-8-19(9-11-21)25(26,27)28)15-22(30-32)18-6-5-7-20(14-18)24(12-13-24)31-36(33,34)29-16-17(2)3/h5-11,14-15,17,29,31H,4,12-13,16H2,1-3H3. The molecule has 7 nitrogen and oxygen atoms in total. The summed E-state index contributed by atoms with van der Waals surface area (Å²) in [5, 5.41) is 4.58. The topological polar surface area (TPSA) is 85.2 Å². The summed E-state index contributed by atoms with van der Waals surface area (Å²) in [6, 6.07) is 13.7. The zero-order valence-electron chi connectivity index (χ0n) is 20.3. The van der Waals surface area contributed by atoms with Gasteiger partial charge in [-0.2, -0.15) is 31.4 Å². The molecule has 1 aliphatic carbocycles. The van der Waals surface area contributed by atoms with Crippen LogP contribution in [0.2, 0.25) is 0 Å². The molecule has 4 rings (SSSR count). The number of nitrogens with one attached hydrogen (secondary N) is 2. The number of ether oxygens (including phenoxy) is 1. The van der Waals surface area contributed by atoms with Gasteiger partial charge in [0.1, 0.15) is 5.75 Å². The fraction of sp³-hybridized carbons (Fsp3) is 0.400. The van der Waals surface area contributed by atoms with Crippen LogP contribution < -0.4 is 14.2 Å². The maximum absolute atomic E-state index is 12.8. The zero-order valence-corrected chi connectivity index (χ0v) is 21.1. The minimum absolute atomic E-state index is 0.188. The van der Waals surface area contributed by atoms with Gasteiger partial charge < -0.3 is 4.74 Å². The van der Waals surface area contributed by atoms with E-state index < -0.39 is 27.5 Å². The Bertz CT molecular complexity index is 1320. The average Bonchev–Trinajstić information content (AvgIpc) is 3.48. The number of aromatic nitrogens is 2. The van der Waals surface area contributed by atoms with Crippen molar-refractivity contribution in [3.05, 3.63) is 65.7 Å². The monoisotopic (exact) mass is 522 g/mol. The third-order valence-electron chi connectivity index (χ3n) is 5.92. The van der Waals surface area contributed by atoms with Crippen molar-refractivity contribution in [1.82, 2.24) is 19.2 Å². The number of hydrogen-bond donors (Lipinski definition) is 2. The van der Waals surface area contributed by atoms with Crippen molar-refractivity contribution in [2.75, 3.05) is 6.54 Å². The fourth-order valence-corrected chi connectivity index (χ4v) is 5.26. The zero-order chi connectivity index (χ0) is 26.1. The van der Waals surface area contributed by atoms with Crippen LogP contribution in [0.4, 0.5) is 13.2 Å². The van der Waals surface area contributed by atoms with Crippen LogP contribution in [-0.2, 0) is 28.5 Å². The van der Waals surface area contributed by atoms with Gasteiger partial charge in [0.05, 0.1) is 16.8 Å². The van der Waals surface area contributed by atoms with Crippen LogP contribution in [0.25, 0.3) is 11.3 Å². The number of nitrogens with zero attached hydrogens (tertiary/aromatic N) is 2. The van der Waals surface area contributed by atoms with E-state index in [9.17, 15) is 21.6 Å². The third kappa shape index (κ3) is 6.08. The van der Waals surface area contributed by atoms with E-state index in [1.54, 1.807) is 10.7 Å². The first-order valence-corrected chi connectivity index (χ1v) is 13.2. The number of benzene rings is 2. The lowest BCUT2D eigenvalue weighted by Gasteiger charge is -2.19. The Hall–Kier alpha value is -2.89. The molecule has 0 atom stereocenters. The highest BCUT2D eigenvalue weighted by atomic mass is 32.2.